The summed E-state index contributed by atoms with van der Waals surface area (Å²) in [6.45, 7) is -1.19. The maximum Gasteiger partial charge on any atom is 0.333 e. The number of amides is 2. The average molecular weight is 398 g/mol. The van der Waals surface area contributed by atoms with Gasteiger partial charge in [-0.2, -0.15) is 13.9 Å². The minimum absolute atomic E-state index is 0.0364. The zero-order valence-corrected chi connectivity index (χ0v) is 15.1. The molecule has 2 bridgehead atoms. The molecule has 11 heteroatoms. The van der Waals surface area contributed by atoms with E-state index in [2.05, 4.69) is 30.3 Å². The van der Waals surface area contributed by atoms with Gasteiger partial charge < -0.3 is 4.90 Å². The van der Waals surface area contributed by atoms with E-state index < -0.39 is 6.55 Å². The molecule has 1 N–H and O–H groups in total. The Morgan fingerprint density at radius 3 is 2.90 bits per heavy atom. The highest BCUT2D eigenvalue weighted by atomic mass is 19.3. The predicted molar refractivity (Wildman–Crippen MR) is 101 cm³/mol. The van der Waals surface area contributed by atoms with Crippen molar-refractivity contribution in [2.45, 2.75) is 19.0 Å². The van der Waals surface area contributed by atoms with Gasteiger partial charge in [0, 0.05) is 37.2 Å². The average Bonchev–Trinajstić information content (AvgIpc) is 3.37. The predicted octanol–water partition coefficient (Wildman–Crippen LogP) is 2.76. The zero-order valence-electron chi connectivity index (χ0n) is 15.1. The first-order valence-electron chi connectivity index (χ1n) is 9.05. The third kappa shape index (κ3) is 3.04. The summed E-state index contributed by atoms with van der Waals surface area (Å²) in [6.07, 6.45) is 7.86. The third-order valence-electron chi connectivity index (χ3n) is 5.07. The Balaban J connectivity index is 1.52. The van der Waals surface area contributed by atoms with E-state index in [9.17, 15) is 13.6 Å². The van der Waals surface area contributed by atoms with Crippen LogP contribution in [0.2, 0.25) is 0 Å². The molecule has 148 valence electrons. The zero-order chi connectivity index (χ0) is 20.0. The summed E-state index contributed by atoms with van der Waals surface area (Å²) in [5.74, 6) is 0.830. The molecular weight excluding hydrogens is 382 g/mol. The molecule has 3 aromatic rings. The maximum absolute atomic E-state index is 13.0. The van der Waals surface area contributed by atoms with Crippen LogP contribution in [-0.4, -0.2) is 49.9 Å². The van der Waals surface area contributed by atoms with E-state index in [0.29, 0.717) is 34.1 Å². The Morgan fingerprint density at radius 2 is 2.14 bits per heavy atom. The Hall–Kier alpha value is -3.63. The largest absolute Gasteiger partial charge is 0.366 e. The SMILES string of the molecule is O=C(Nc1cnccn1)N1c2nc(-c3cnn(C(F)F)c3)ccc2N2CCC1C2. The second-order valence-corrected chi connectivity index (χ2v) is 6.81. The van der Waals surface area contributed by atoms with Crippen LogP contribution < -0.4 is 15.1 Å². The molecule has 5 rings (SSSR count). The molecule has 1 atom stereocenters. The summed E-state index contributed by atoms with van der Waals surface area (Å²) in [7, 11) is 0. The van der Waals surface area contributed by atoms with Gasteiger partial charge >= 0.3 is 12.6 Å². The van der Waals surface area contributed by atoms with Crippen LogP contribution >= 0.6 is 0 Å². The molecule has 0 spiro atoms. The second kappa shape index (κ2) is 6.76. The fourth-order valence-electron chi connectivity index (χ4n) is 3.74. The van der Waals surface area contributed by atoms with Crippen molar-refractivity contribution in [3.63, 3.8) is 0 Å². The van der Waals surface area contributed by atoms with Crippen LogP contribution in [0.1, 0.15) is 13.0 Å². The number of hydrogen-bond acceptors (Lipinski definition) is 6. The number of hydrogen-bond donors (Lipinski definition) is 1. The van der Waals surface area contributed by atoms with Crippen molar-refractivity contribution in [3.05, 3.63) is 43.1 Å². The molecule has 2 amide bonds. The van der Waals surface area contributed by atoms with Crippen LogP contribution in [0.15, 0.2) is 43.1 Å². The van der Waals surface area contributed by atoms with Crippen molar-refractivity contribution >= 4 is 23.4 Å². The Bertz CT molecular complexity index is 1060. The van der Waals surface area contributed by atoms with Crippen molar-refractivity contribution < 1.29 is 13.6 Å². The van der Waals surface area contributed by atoms with Crippen molar-refractivity contribution in [2.24, 2.45) is 0 Å². The number of urea groups is 1. The third-order valence-corrected chi connectivity index (χ3v) is 5.07. The summed E-state index contributed by atoms with van der Waals surface area (Å²) in [6, 6.07) is 3.22. The van der Waals surface area contributed by atoms with Gasteiger partial charge in [-0.05, 0) is 18.6 Å². The minimum atomic E-state index is -2.72. The summed E-state index contributed by atoms with van der Waals surface area (Å²) >= 11 is 0. The molecule has 5 heterocycles. The lowest BCUT2D eigenvalue weighted by Gasteiger charge is -2.35. The molecule has 1 fully saturated rings. The number of halogens is 2. The van der Waals surface area contributed by atoms with Gasteiger partial charge in [-0.1, -0.05) is 0 Å². The standard InChI is InChI=1S/C18H16F2N8O/c19-17(20)27-9-11(7-23-27)13-1-2-14-16(24-13)28(12-3-6-26(14)10-12)18(29)25-15-8-21-4-5-22-15/h1-2,4-5,7-9,12,17H,3,6,10H2,(H,22,25,29). The number of rotatable bonds is 3. The number of alkyl halides is 2. The summed E-state index contributed by atoms with van der Waals surface area (Å²) < 4.78 is 26.3. The molecule has 1 unspecified atom stereocenters. The van der Waals surface area contributed by atoms with Crippen LogP contribution in [0.25, 0.3) is 11.3 Å². The highest BCUT2D eigenvalue weighted by Gasteiger charge is 2.40. The van der Waals surface area contributed by atoms with Crippen molar-refractivity contribution in [3.8, 4) is 11.3 Å². The van der Waals surface area contributed by atoms with E-state index in [1.54, 1.807) is 11.0 Å². The first kappa shape index (κ1) is 17.5. The van der Waals surface area contributed by atoms with Gasteiger partial charge in [0.2, 0.25) is 0 Å². The lowest BCUT2D eigenvalue weighted by Crippen LogP contribution is -2.48. The number of carbonyl (C=O) groups is 1. The molecule has 2 aliphatic heterocycles. The number of nitrogens with zero attached hydrogens (tertiary/aromatic N) is 7. The van der Waals surface area contributed by atoms with Crippen LogP contribution in [0.5, 0.6) is 0 Å². The van der Waals surface area contributed by atoms with Crippen LogP contribution in [-0.2, 0) is 0 Å². The van der Waals surface area contributed by atoms with E-state index in [4.69, 9.17) is 0 Å². The van der Waals surface area contributed by atoms with Crippen LogP contribution in [0, 0.1) is 0 Å². The van der Waals surface area contributed by atoms with Gasteiger partial charge in [0.15, 0.2) is 11.6 Å². The summed E-state index contributed by atoms with van der Waals surface area (Å²) in [4.78, 5) is 29.5. The van der Waals surface area contributed by atoms with Gasteiger partial charge in [-0.15, -0.1) is 0 Å². The molecule has 0 radical (unpaired) electrons. The number of nitrogens with one attached hydrogen (secondary N) is 1. The fraction of sp³-hybridized carbons (Fsp3) is 0.278. The normalized spacial score (nSPS) is 17.6. The van der Waals surface area contributed by atoms with E-state index >= 15 is 0 Å². The van der Waals surface area contributed by atoms with Gasteiger partial charge in [0.1, 0.15) is 0 Å². The molecular formula is C18H16F2N8O. The van der Waals surface area contributed by atoms with E-state index in [1.807, 2.05) is 6.07 Å². The Morgan fingerprint density at radius 1 is 1.24 bits per heavy atom. The van der Waals surface area contributed by atoms with E-state index in [-0.39, 0.29) is 12.1 Å². The number of carbonyl (C=O) groups excluding carboxylic acids is 1. The quantitative estimate of drug-likeness (QED) is 0.729. The Kier molecular flexibility index (Phi) is 4.07. The number of pyridine rings is 1. The van der Waals surface area contributed by atoms with Gasteiger partial charge in [-0.3, -0.25) is 15.2 Å². The van der Waals surface area contributed by atoms with Crippen LogP contribution in [0.3, 0.4) is 0 Å². The smallest absolute Gasteiger partial charge is 0.333 e. The number of anilines is 3. The molecule has 1 saturated heterocycles. The second-order valence-electron chi connectivity index (χ2n) is 6.81. The molecule has 0 aliphatic carbocycles. The molecule has 0 saturated carbocycles. The molecule has 9 nitrogen and oxygen atoms in total. The van der Waals surface area contributed by atoms with Crippen molar-refractivity contribution in [1.82, 2.24) is 24.7 Å². The molecule has 29 heavy (non-hydrogen) atoms. The molecule has 2 aliphatic rings. The first-order chi connectivity index (χ1) is 14.1. The number of aromatic nitrogens is 5. The lowest BCUT2D eigenvalue weighted by molar-refractivity contribution is 0.0566. The van der Waals surface area contributed by atoms with Gasteiger partial charge in [0.25, 0.3) is 0 Å². The van der Waals surface area contributed by atoms with Crippen LogP contribution in [0.4, 0.5) is 30.9 Å². The fourth-order valence-corrected chi connectivity index (χ4v) is 3.74. The van der Waals surface area contributed by atoms with Gasteiger partial charge in [0.05, 0.1) is 29.8 Å². The topological polar surface area (TPSA) is 92.1 Å². The van der Waals surface area contributed by atoms with E-state index in [0.717, 1.165) is 18.7 Å². The highest BCUT2D eigenvalue weighted by molar-refractivity contribution is 6.04. The summed E-state index contributed by atoms with van der Waals surface area (Å²) in [5.41, 5.74) is 1.75. The molecule has 0 aromatic carbocycles. The maximum atomic E-state index is 13.0. The lowest BCUT2D eigenvalue weighted by atomic mass is 10.1. The molecule has 3 aromatic heterocycles. The van der Waals surface area contributed by atoms with Crippen molar-refractivity contribution in [2.75, 3.05) is 28.2 Å². The van der Waals surface area contributed by atoms with E-state index in [1.165, 1.54) is 31.0 Å². The Labute approximate surface area is 164 Å². The highest BCUT2D eigenvalue weighted by Crippen LogP contribution is 2.40. The minimum Gasteiger partial charge on any atom is -0.366 e. The number of fused-ring (bicyclic) bond motifs is 4. The monoisotopic (exact) mass is 398 g/mol. The van der Waals surface area contributed by atoms with Gasteiger partial charge in [-0.25, -0.2) is 19.4 Å². The van der Waals surface area contributed by atoms with Crippen molar-refractivity contribution in [1.29, 1.82) is 0 Å². The first-order valence-corrected chi connectivity index (χ1v) is 9.05. The summed E-state index contributed by atoms with van der Waals surface area (Å²) in [5, 5.41) is 6.42.